The first-order valence-electron chi connectivity index (χ1n) is 7.22. The van der Waals surface area contributed by atoms with Gasteiger partial charge in [-0.3, -0.25) is 4.90 Å². The second kappa shape index (κ2) is 6.87. The molecule has 1 saturated carbocycles. The molecule has 19 heavy (non-hydrogen) atoms. The van der Waals surface area contributed by atoms with E-state index < -0.39 is 0 Å². The average molecular weight is 263 g/mol. The third-order valence-corrected chi connectivity index (χ3v) is 4.08. The standard InChI is InChI=1S/C15H25N3O/c1-3-18(14-8-6-13(16)7-9-14)11-12-5-4-10-17-15(12)19-2/h4-5,10,13-14H,3,6-9,11,16H2,1-2H3. The Morgan fingerprint density at radius 2 is 2.11 bits per heavy atom. The lowest BCUT2D eigenvalue weighted by atomic mass is 9.90. The molecule has 0 aliphatic heterocycles. The van der Waals surface area contributed by atoms with E-state index in [4.69, 9.17) is 10.5 Å². The summed E-state index contributed by atoms with van der Waals surface area (Å²) in [7, 11) is 1.68. The number of nitrogens with two attached hydrogens (primary N) is 1. The van der Waals surface area contributed by atoms with Gasteiger partial charge in [-0.15, -0.1) is 0 Å². The zero-order chi connectivity index (χ0) is 13.7. The van der Waals surface area contributed by atoms with Crippen molar-refractivity contribution in [2.75, 3.05) is 13.7 Å². The van der Waals surface area contributed by atoms with Crippen molar-refractivity contribution in [1.82, 2.24) is 9.88 Å². The largest absolute Gasteiger partial charge is 0.481 e. The van der Waals surface area contributed by atoms with Crippen molar-refractivity contribution in [3.05, 3.63) is 23.9 Å². The minimum atomic E-state index is 0.405. The Labute approximate surface area is 116 Å². The predicted molar refractivity (Wildman–Crippen MR) is 77.1 cm³/mol. The van der Waals surface area contributed by atoms with Gasteiger partial charge in [-0.25, -0.2) is 4.98 Å². The van der Waals surface area contributed by atoms with E-state index in [1.807, 2.05) is 6.07 Å². The highest BCUT2D eigenvalue weighted by Gasteiger charge is 2.24. The van der Waals surface area contributed by atoms with Crippen molar-refractivity contribution < 1.29 is 4.74 Å². The van der Waals surface area contributed by atoms with Gasteiger partial charge < -0.3 is 10.5 Å². The number of aromatic nitrogens is 1. The Kier molecular flexibility index (Phi) is 5.16. The van der Waals surface area contributed by atoms with E-state index in [1.54, 1.807) is 13.3 Å². The Bertz CT molecular complexity index is 389. The highest BCUT2D eigenvalue weighted by molar-refractivity contribution is 5.25. The van der Waals surface area contributed by atoms with Crippen LogP contribution in [0.3, 0.4) is 0 Å². The van der Waals surface area contributed by atoms with E-state index in [2.05, 4.69) is 22.9 Å². The van der Waals surface area contributed by atoms with Crippen molar-refractivity contribution >= 4 is 0 Å². The molecule has 0 spiro atoms. The van der Waals surface area contributed by atoms with Crippen molar-refractivity contribution in [3.8, 4) is 5.88 Å². The SMILES string of the molecule is CCN(Cc1cccnc1OC)C1CCC(N)CC1. The maximum atomic E-state index is 5.99. The fourth-order valence-corrected chi connectivity index (χ4v) is 2.91. The molecule has 1 aromatic heterocycles. The number of ether oxygens (including phenoxy) is 1. The molecular weight excluding hydrogens is 238 g/mol. The summed E-state index contributed by atoms with van der Waals surface area (Å²) in [6.07, 6.45) is 6.48. The van der Waals surface area contributed by atoms with Crippen LogP contribution in [0.25, 0.3) is 0 Å². The van der Waals surface area contributed by atoms with Crippen LogP contribution >= 0.6 is 0 Å². The van der Waals surface area contributed by atoms with Crippen LogP contribution in [0.1, 0.15) is 38.2 Å². The van der Waals surface area contributed by atoms with Gasteiger partial charge in [0.15, 0.2) is 0 Å². The van der Waals surface area contributed by atoms with E-state index in [1.165, 1.54) is 18.4 Å². The number of rotatable bonds is 5. The van der Waals surface area contributed by atoms with E-state index in [9.17, 15) is 0 Å². The molecule has 4 nitrogen and oxygen atoms in total. The normalized spacial score (nSPS) is 23.6. The lowest BCUT2D eigenvalue weighted by Gasteiger charge is -2.35. The first-order valence-corrected chi connectivity index (χ1v) is 7.22. The molecule has 1 aliphatic rings. The molecule has 2 rings (SSSR count). The molecule has 0 unspecified atom stereocenters. The summed E-state index contributed by atoms with van der Waals surface area (Å²) in [5, 5.41) is 0. The summed E-state index contributed by atoms with van der Waals surface area (Å²) in [6, 6.07) is 5.13. The van der Waals surface area contributed by atoms with Gasteiger partial charge in [0.25, 0.3) is 0 Å². The summed E-state index contributed by atoms with van der Waals surface area (Å²) in [4.78, 5) is 6.79. The van der Waals surface area contributed by atoms with E-state index >= 15 is 0 Å². The first kappa shape index (κ1) is 14.3. The number of methoxy groups -OCH3 is 1. The summed E-state index contributed by atoms with van der Waals surface area (Å²) < 4.78 is 5.34. The van der Waals surface area contributed by atoms with Gasteiger partial charge in [0.05, 0.1) is 7.11 Å². The molecule has 0 aromatic carbocycles. The minimum absolute atomic E-state index is 0.405. The molecular formula is C15H25N3O. The van der Waals surface area contributed by atoms with Crippen LogP contribution in [-0.2, 0) is 6.54 Å². The van der Waals surface area contributed by atoms with Crippen LogP contribution in [0.4, 0.5) is 0 Å². The molecule has 4 heteroatoms. The molecule has 106 valence electrons. The molecule has 0 saturated heterocycles. The number of hydrogen-bond acceptors (Lipinski definition) is 4. The van der Waals surface area contributed by atoms with Crippen molar-refractivity contribution in [1.29, 1.82) is 0 Å². The van der Waals surface area contributed by atoms with Crippen LogP contribution in [-0.4, -0.2) is 35.6 Å². The average Bonchev–Trinajstić information content (AvgIpc) is 2.46. The third kappa shape index (κ3) is 3.67. The molecule has 0 radical (unpaired) electrons. The van der Waals surface area contributed by atoms with E-state index in [-0.39, 0.29) is 0 Å². The van der Waals surface area contributed by atoms with Crippen LogP contribution in [0, 0.1) is 0 Å². The van der Waals surface area contributed by atoms with Gasteiger partial charge in [-0.05, 0) is 38.3 Å². The van der Waals surface area contributed by atoms with E-state index in [0.29, 0.717) is 12.1 Å². The fourth-order valence-electron chi connectivity index (χ4n) is 2.91. The Morgan fingerprint density at radius 1 is 1.37 bits per heavy atom. The highest BCUT2D eigenvalue weighted by Crippen LogP contribution is 2.25. The fraction of sp³-hybridized carbons (Fsp3) is 0.667. The predicted octanol–water partition coefficient (Wildman–Crippen LogP) is 2.18. The Balaban J connectivity index is 2.02. The van der Waals surface area contributed by atoms with Crippen LogP contribution in [0.5, 0.6) is 5.88 Å². The second-order valence-electron chi connectivity index (χ2n) is 5.30. The van der Waals surface area contributed by atoms with Crippen molar-refractivity contribution in [3.63, 3.8) is 0 Å². The molecule has 0 amide bonds. The Hall–Kier alpha value is -1.13. The van der Waals surface area contributed by atoms with Gasteiger partial charge in [0.1, 0.15) is 0 Å². The van der Waals surface area contributed by atoms with Crippen molar-refractivity contribution in [2.45, 2.75) is 51.2 Å². The van der Waals surface area contributed by atoms with Gasteiger partial charge in [0.2, 0.25) is 5.88 Å². The third-order valence-electron chi connectivity index (χ3n) is 4.08. The number of nitrogens with zero attached hydrogens (tertiary/aromatic N) is 2. The van der Waals surface area contributed by atoms with Crippen LogP contribution < -0.4 is 10.5 Å². The first-order chi connectivity index (χ1) is 9.24. The van der Waals surface area contributed by atoms with Crippen LogP contribution in [0.15, 0.2) is 18.3 Å². The molecule has 0 bridgehead atoms. The van der Waals surface area contributed by atoms with Gasteiger partial charge >= 0.3 is 0 Å². The summed E-state index contributed by atoms with van der Waals surface area (Å²) >= 11 is 0. The zero-order valence-electron chi connectivity index (χ0n) is 12.0. The number of hydrogen-bond donors (Lipinski definition) is 1. The van der Waals surface area contributed by atoms with Crippen LogP contribution in [0.2, 0.25) is 0 Å². The maximum Gasteiger partial charge on any atom is 0.217 e. The summed E-state index contributed by atoms with van der Waals surface area (Å²) in [6.45, 7) is 4.18. The molecule has 1 aromatic rings. The lowest BCUT2D eigenvalue weighted by Crippen LogP contribution is -2.40. The smallest absolute Gasteiger partial charge is 0.217 e. The molecule has 0 atom stereocenters. The molecule has 1 heterocycles. The minimum Gasteiger partial charge on any atom is -0.481 e. The van der Waals surface area contributed by atoms with Gasteiger partial charge in [-0.2, -0.15) is 0 Å². The number of pyridine rings is 1. The second-order valence-corrected chi connectivity index (χ2v) is 5.30. The summed E-state index contributed by atoms with van der Waals surface area (Å²) in [5.74, 6) is 0.744. The van der Waals surface area contributed by atoms with Crippen molar-refractivity contribution in [2.24, 2.45) is 5.73 Å². The molecule has 1 fully saturated rings. The van der Waals surface area contributed by atoms with Gasteiger partial charge in [-0.1, -0.05) is 13.0 Å². The lowest BCUT2D eigenvalue weighted by molar-refractivity contribution is 0.147. The summed E-state index contributed by atoms with van der Waals surface area (Å²) in [5.41, 5.74) is 7.16. The zero-order valence-corrected chi connectivity index (χ0v) is 12.0. The maximum absolute atomic E-state index is 5.99. The monoisotopic (exact) mass is 263 g/mol. The molecule has 2 N–H and O–H groups in total. The molecule has 1 aliphatic carbocycles. The topological polar surface area (TPSA) is 51.4 Å². The highest BCUT2D eigenvalue weighted by atomic mass is 16.5. The van der Waals surface area contributed by atoms with Gasteiger partial charge in [0, 0.05) is 30.4 Å². The quantitative estimate of drug-likeness (QED) is 0.884. The Morgan fingerprint density at radius 3 is 2.74 bits per heavy atom. The van der Waals surface area contributed by atoms with E-state index in [0.717, 1.165) is 31.8 Å².